The molecule has 1 aliphatic carbocycles. The van der Waals surface area contributed by atoms with E-state index in [0.29, 0.717) is 17.3 Å². The second-order valence-electron chi connectivity index (χ2n) is 4.60. The Morgan fingerprint density at radius 3 is 2.44 bits per heavy atom. The van der Waals surface area contributed by atoms with E-state index < -0.39 is 5.97 Å². The Bertz CT molecular complexity index is 597. The van der Waals surface area contributed by atoms with Crippen LogP contribution in [-0.2, 0) is 5.41 Å². The monoisotopic (exact) mass is 244 g/mol. The molecule has 1 aromatic carbocycles. The highest BCUT2D eigenvalue weighted by molar-refractivity contribution is 5.87. The molecule has 1 heterocycles. The van der Waals surface area contributed by atoms with Crippen molar-refractivity contribution in [3.05, 3.63) is 47.1 Å². The van der Waals surface area contributed by atoms with Gasteiger partial charge in [0.2, 0.25) is 5.89 Å². The minimum atomic E-state index is -0.915. The van der Waals surface area contributed by atoms with E-state index in [0.717, 1.165) is 18.4 Å². The Morgan fingerprint density at radius 2 is 2.00 bits per heavy atom. The molecule has 0 bridgehead atoms. The summed E-state index contributed by atoms with van der Waals surface area (Å²) in [6.07, 6.45) is 1.94. The van der Waals surface area contributed by atoms with Gasteiger partial charge in [-0.1, -0.05) is 17.3 Å². The van der Waals surface area contributed by atoms with Crippen LogP contribution >= 0.6 is 0 Å². The van der Waals surface area contributed by atoms with Crippen molar-refractivity contribution in [1.82, 2.24) is 10.1 Å². The van der Waals surface area contributed by atoms with Gasteiger partial charge in [0.05, 0.1) is 11.0 Å². The number of benzene rings is 1. The summed E-state index contributed by atoms with van der Waals surface area (Å²) in [7, 11) is 0. The molecule has 0 radical (unpaired) electrons. The molecule has 3 rings (SSSR count). The van der Waals surface area contributed by atoms with E-state index in [2.05, 4.69) is 10.1 Å². The second kappa shape index (κ2) is 3.66. The van der Waals surface area contributed by atoms with Crippen LogP contribution < -0.4 is 0 Å². The lowest BCUT2D eigenvalue weighted by atomic mass is 9.94. The van der Waals surface area contributed by atoms with Crippen molar-refractivity contribution in [1.29, 1.82) is 0 Å². The zero-order valence-electron chi connectivity index (χ0n) is 9.88. The molecular weight excluding hydrogens is 232 g/mol. The summed E-state index contributed by atoms with van der Waals surface area (Å²) in [5, 5.41) is 12.9. The number of hydrogen-bond acceptors (Lipinski definition) is 4. The van der Waals surface area contributed by atoms with Gasteiger partial charge in [0.25, 0.3) is 0 Å². The summed E-state index contributed by atoms with van der Waals surface area (Å²) >= 11 is 0. The van der Waals surface area contributed by atoms with E-state index in [1.54, 1.807) is 19.1 Å². The van der Waals surface area contributed by atoms with Crippen molar-refractivity contribution in [2.45, 2.75) is 25.2 Å². The molecule has 2 aromatic rings. The van der Waals surface area contributed by atoms with Crippen molar-refractivity contribution in [3.8, 4) is 0 Å². The van der Waals surface area contributed by atoms with Crippen molar-refractivity contribution in [2.24, 2.45) is 0 Å². The minimum absolute atomic E-state index is 0.172. The zero-order chi connectivity index (χ0) is 12.8. The molecular formula is C13H12N2O3. The molecule has 0 unspecified atom stereocenters. The van der Waals surface area contributed by atoms with Crippen molar-refractivity contribution in [3.63, 3.8) is 0 Å². The molecule has 0 aliphatic heterocycles. The van der Waals surface area contributed by atoms with Gasteiger partial charge in [-0.25, -0.2) is 4.79 Å². The summed E-state index contributed by atoms with van der Waals surface area (Å²) in [5.74, 6) is 0.336. The number of hydrogen-bond donors (Lipinski definition) is 1. The van der Waals surface area contributed by atoms with Crippen molar-refractivity contribution >= 4 is 5.97 Å². The number of rotatable bonds is 3. The molecule has 0 amide bonds. The van der Waals surface area contributed by atoms with Crippen LogP contribution in [0.2, 0.25) is 0 Å². The number of carbonyl (C=O) groups is 1. The van der Waals surface area contributed by atoms with Crippen LogP contribution in [0.4, 0.5) is 0 Å². The largest absolute Gasteiger partial charge is 0.478 e. The Balaban J connectivity index is 1.97. The lowest BCUT2D eigenvalue weighted by Crippen LogP contribution is -2.11. The molecule has 0 atom stereocenters. The van der Waals surface area contributed by atoms with Crippen LogP contribution in [0.15, 0.2) is 28.8 Å². The van der Waals surface area contributed by atoms with Crippen LogP contribution in [0, 0.1) is 6.92 Å². The third-order valence-electron chi connectivity index (χ3n) is 3.39. The number of aromatic carboxylic acids is 1. The summed E-state index contributed by atoms with van der Waals surface area (Å²) in [6, 6.07) is 6.90. The highest BCUT2D eigenvalue weighted by Gasteiger charge is 2.49. The highest BCUT2D eigenvalue weighted by Crippen LogP contribution is 2.52. The maximum atomic E-state index is 10.8. The third kappa shape index (κ3) is 1.59. The van der Waals surface area contributed by atoms with Gasteiger partial charge < -0.3 is 9.63 Å². The van der Waals surface area contributed by atoms with Crippen LogP contribution in [0.1, 0.15) is 40.5 Å². The molecule has 1 saturated carbocycles. The highest BCUT2D eigenvalue weighted by atomic mass is 16.5. The van der Waals surface area contributed by atoms with Crippen LogP contribution in [0.25, 0.3) is 0 Å². The van der Waals surface area contributed by atoms with Gasteiger partial charge in [-0.15, -0.1) is 0 Å². The fourth-order valence-corrected chi connectivity index (χ4v) is 2.19. The molecule has 5 heteroatoms. The normalized spacial score (nSPS) is 16.5. The standard InChI is InChI=1S/C13H12N2O3/c1-8-14-12(15-18-8)13(6-7-13)10-4-2-9(3-5-10)11(16)17/h2-5H,6-7H2,1H3,(H,16,17). The summed E-state index contributed by atoms with van der Waals surface area (Å²) in [4.78, 5) is 15.1. The average Bonchev–Trinajstić information content (AvgIpc) is 3.07. The first-order valence-corrected chi connectivity index (χ1v) is 5.76. The molecule has 5 nitrogen and oxygen atoms in total. The van der Waals surface area contributed by atoms with E-state index >= 15 is 0 Å². The van der Waals surface area contributed by atoms with Crippen LogP contribution in [-0.4, -0.2) is 21.2 Å². The summed E-state index contributed by atoms with van der Waals surface area (Å²) < 4.78 is 5.02. The quantitative estimate of drug-likeness (QED) is 0.895. The topological polar surface area (TPSA) is 76.2 Å². The Morgan fingerprint density at radius 1 is 1.33 bits per heavy atom. The smallest absolute Gasteiger partial charge is 0.335 e. The van der Waals surface area contributed by atoms with E-state index in [4.69, 9.17) is 9.63 Å². The van der Waals surface area contributed by atoms with E-state index in [1.807, 2.05) is 12.1 Å². The molecule has 1 fully saturated rings. The van der Waals surface area contributed by atoms with Crippen LogP contribution in [0.5, 0.6) is 0 Å². The number of aryl methyl sites for hydroxylation is 1. The first-order valence-electron chi connectivity index (χ1n) is 5.76. The molecule has 18 heavy (non-hydrogen) atoms. The van der Waals surface area contributed by atoms with Gasteiger partial charge in [-0.05, 0) is 30.5 Å². The van der Waals surface area contributed by atoms with Gasteiger partial charge in [0.15, 0.2) is 5.82 Å². The van der Waals surface area contributed by atoms with Gasteiger partial charge in [-0.3, -0.25) is 0 Å². The van der Waals surface area contributed by atoms with Crippen LogP contribution in [0.3, 0.4) is 0 Å². The molecule has 0 spiro atoms. The fraction of sp³-hybridized carbons (Fsp3) is 0.308. The van der Waals surface area contributed by atoms with E-state index in [1.165, 1.54) is 0 Å². The maximum absolute atomic E-state index is 10.8. The molecule has 1 aromatic heterocycles. The maximum Gasteiger partial charge on any atom is 0.335 e. The predicted molar refractivity (Wildman–Crippen MR) is 62.5 cm³/mol. The molecule has 1 aliphatic rings. The third-order valence-corrected chi connectivity index (χ3v) is 3.39. The van der Waals surface area contributed by atoms with Crippen molar-refractivity contribution in [2.75, 3.05) is 0 Å². The Kier molecular flexibility index (Phi) is 2.23. The zero-order valence-corrected chi connectivity index (χ0v) is 9.88. The number of aromatic nitrogens is 2. The van der Waals surface area contributed by atoms with E-state index in [-0.39, 0.29) is 5.41 Å². The first-order chi connectivity index (χ1) is 8.62. The summed E-state index contributed by atoms with van der Waals surface area (Å²) in [5.41, 5.74) is 1.17. The SMILES string of the molecule is Cc1nc(C2(c3ccc(C(=O)O)cc3)CC2)no1. The fourth-order valence-electron chi connectivity index (χ4n) is 2.19. The van der Waals surface area contributed by atoms with Crippen molar-refractivity contribution < 1.29 is 14.4 Å². The lowest BCUT2D eigenvalue weighted by Gasteiger charge is -2.10. The number of carboxylic acid groups (broad SMARTS) is 1. The molecule has 0 saturated heterocycles. The lowest BCUT2D eigenvalue weighted by molar-refractivity contribution is 0.0697. The first kappa shape index (κ1) is 11.0. The van der Waals surface area contributed by atoms with Gasteiger partial charge in [-0.2, -0.15) is 4.98 Å². The average molecular weight is 244 g/mol. The van der Waals surface area contributed by atoms with Gasteiger partial charge in [0.1, 0.15) is 0 Å². The summed E-state index contributed by atoms with van der Waals surface area (Å²) in [6.45, 7) is 1.76. The van der Waals surface area contributed by atoms with Gasteiger partial charge >= 0.3 is 5.97 Å². The molecule has 1 N–H and O–H groups in total. The number of nitrogens with zero attached hydrogens (tertiary/aromatic N) is 2. The van der Waals surface area contributed by atoms with Gasteiger partial charge in [0, 0.05) is 6.92 Å². The Hall–Kier alpha value is -2.17. The molecule has 92 valence electrons. The van der Waals surface area contributed by atoms with E-state index in [9.17, 15) is 4.79 Å². The second-order valence-corrected chi connectivity index (χ2v) is 4.60. The number of carboxylic acids is 1. The minimum Gasteiger partial charge on any atom is -0.478 e. The predicted octanol–water partition coefficient (Wildman–Crippen LogP) is 2.16. The Labute approximate surface area is 103 Å².